The van der Waals surface area contributed by atoms with Gasteiger partial charge in [0, 0.05) is 0 Å². The lowest BCUT2D eigenvalue weighted by Crippen LogP contribution is -2.34. The molecule has 2 aromatic carbocycles. The summed E-state index contributed by atoms with van der Waals surface area (Å²) in [4.78, 5) is 11.5. The lowest BCUT2D eigenvalue weighted by atomic mass is 10.1. The Morgan fingerprint density at radius 3 is 2.12 bits per heavy atom. The highest BCUT2D eigenvalue weighted by Crippen LogP contribution is 2.21. The van der Waals surface area contributed by atoms with Gasteiger partial charge in [-0.25, -0.2) is 8.42 Å². The van der Waals surface area contributed by atoms with Crippen molar-refractivity contribution in [1.29, 1.82) is 0 Å². The number of nitrogens with one attached hydrogen (secondary N) is 1. The van der Waals surface area contributed by atoms with Gasteiger partial charge in [0.2, 0.25) is 10.0 Å². The van der Waals surface area contributed by atoms with Gasteiger partial charge in [-0.3, -0.25) is 4.79 Å². The third kappa shape index (κ3) is 4.33. The zero-order valence-electron chi connectivity index (χ0n) is 13.4. The van der Waals surface area contributed by atoms with Gasteiger partial charge in [0.1, 0.15) is 11.8 Å². The monoisotopic (exact) mass is 349 g/mol. The Morgan fingerprint density at radius 1 is 1.08 bits per heavy atom. The summed E-state index contributed by atoms with van der Waals surface area (Å²) < 4.78 is 27.1. The van der Waals surface area contributed by atoms with E-state index in [0.717, 1.165) is 11.1 Å². The molecule has 0 aliphatic heterocycles. The van der Waals surface area contributed by atoms with Gasteiger partial charge < -0.3 is 10.2 Å². The van der Waals surface area contributed by atoms with Gasteiger partial charge in [-0.15, -0.1) is 0 Å². The highest BCUT2D eigenvalue weighted by atomic mass is 32.2. The number of sulfonamides is 1. The molecule has 1 atom stereocenters. The number of hydrogen-bond donors (Lipinski definition) is 3. The van der Waals surface area contributed by atoms with Gasteiger partial charge in [-0.2, -0.15) is 4.72 Å². The van der Waals surface area contributed by atoms with Crippen molar-refractivity contribution in [2.75, 3.05) is 0 Å². The number of phenols is 1. The Kier molecular flexibility index (Phi) is 5.26. The molecular weight excluding hydrogens is 330 g/mol. The average Bonchev–Trinajstić information content (AvgIpc) is 2.50. The maximum Gasteiger partial charge on any atom is 0.326 e. The molecule has 0 amide bonds. The summed E-state index contributed by atoms with van der Waals surface area (Å²) in [5.41, 5.74) is 2.55. The first kappa shape index (κ1) is 18.0. The molecule has 0 unspecified atom stereocenters. The van der Waals surface area contributed by atoms with Gasteiger partial charge in [0.05, 0.1) is 5.75 Å². The zero-order valence-corrected chi connectivity index (χ0v) is 14.2. The summed E-state index contributed by atoms with van der Waals surface area (Å²) in [5, 5.41) is 18.6. The molecular formula is C17H19NO5S. The fraction of sp³-hybridized carbons (Fsp3) is 0.235. The van der Waals surface area contributed by atoms with Crippen LogP contribution in [0.15, 0.2) is 42.5 Å². The van der Waals surface area contributed by atoms with Crippen LogP contribution in [0.4, 0.5) is 0 Å². The third-order valence-corrected chi connectivity index (χ3v) is 5.01. The van der Waals surface area contributed by atoms with E-state index in [1.807, 2.05) is 32.0 Å². The van der Waals surface area contributed by atoms with Crippen molar-refractivity contribution in [3.63, 3.8) is 0 Å². The van der Waals surface area contributed by atoms with Crippen molar-refractivity contribution in [2.45, 2.75) is 25.6 Å². The zero-order chi connectivity index (χ0) is 17.9. The van der Waals surface area contributed by atoms with Crippen LogP contribution >= 0.6 is 0 Å². The number of benzene rings is 2. The van der Waals surface area contributed by atoms with Gasteiger partial charge in [0.25, 0.3) is 0 Å². The predicted molar refractivity (Wildman–Crippen MR) is 90.2 cm³/mol. The Labute approximate surface area is 140 Å². The maximum atomic E-state index is 12.4. The van der Waals surface area contributed by atoms with Gasteiger partial charge in [-0.1, -0.05) is 30.3 Å². The van der Waals surface area contributed by atoms with Crippen molar-refractivity contribution in [2.24, 2.45) is 0 Å². The third-order valence-electron chi connectivity index (χ3n) is 3.75. The molecule has 0 heterocycles. The van der Waals surface area contributed by atoms with Crippen molar-refractivity contribution < 1.29 is 23.4 Å². The molecule has 24 heavy (non-hydrogen) atoms. The standard InChI is InChI=1S/C17H19NO5S/c1-11-4-3-5-12(2)15(11)10-24(22,23)18-16(17(20)21)13-6-8-14(19)9-7-13/h3-9,16,18-19H,10H2,1-2H3,(H,20,21)/t16-/m0/s1. The second-order valence-electron chi connectivity index (χ2n) is 5.61. The SMILES string of the molecule is Cc1cccc(C)c1CS(=O)(=O)N[C@H](C(=O)O)c1ccc(O)cc1. The average molecular weight is 349 g/mol. The Hall–Kier alpha value is -2.38. The lowest BCUT2D eigenvalue weighted by molar-refractivity contribution is -0.139. The van der Waals surface area contributed by atoms with E-state index >= 15 is 0 Å². The van der Waals surface area contributed by atoms with Crippen LogP contribution in [0, 0.1) is 13.8 Å². The maximum absolute atomic E-state index is 12.4. The summed E-state index contributed by atoms with van der Waals surface area (Å²) in [7, 11) is -3.88. The van der Waals surface area contributed by atoms with Crippen LogP contribution in [-0.2, 0) is 20.6 Å². The van der Waals surface area contributed by atoms with Crippen molar-refractivity contribution in [3.8, 4) is 5.75 Å². The smallest absolute Gasteiger partial charge is 0.326 e. The summed E-state index contributed by atoms with van der Waals surface area (Å²) in [6.07, 6.45) is 0. The minimum Gasteiger partial charge on any atom is -0.508 e. The molecule has 3 N–H and O–H groups in total. The molecule has 0 bridgehead atoms. The number of rotatable bonds is 6. The number of carboxylic acid groups (broad SMARTS) is 1. The topological polar surface area (TPSA) is 104 Å². The first-order valence-corrected chi connectivity index (χ1v) is 8.91. The van der Waals surface area contributed by atoms with E-state index < -0.39 is 22.0 Å². The summed E-state index contributed by atoms with van der Waals surface area (Å²) in [6.45, 7) is 3.62. The molecule has 128 valence electrons. The van der Waals surface area contributed by atoms with E-state index in [1.54, 1.807) is 0 Å². The van der Waals surface area contributed by atoms with Crippen LogP contribution in [0.1, 0.15) is 28.3 Å². The van der Waals surface area contributed by atoms with Crippen LogP contribution in [0.3, 0.4) is 0 Å². The normalized spacial score (nSPS) is 12.8. The second kappa shape index (κ2) is 7.02. The highest BCUT2D eigenvalue weighted by molar-refractivity contribution is 7.88. The quantitative estimate of drug-likeness (QED) is 0.742. The first-order valence-electron chi connectivity index (χ1n) is 7.26. The molecule has 2 rings (SSSR count). The van der Waals surface area contributed by atoms with Crippen LogP contribution in [-0.4, -0.2) is 24.6 Å². The molecule has 0 aromatic heterocycles. The largest absolute Gasteiger partial charge is 0.508 e. The number of aromatic hydroxyl groups is 1. The van der Waals surface area contributed by atoms with E-state index in [4.69, 9.17) is 0 Å². The van der Waals surface area contributed by atoms with Crippen molar-refractivity contribution >= 4 is 16.0 Å². The molecule has 0 fully saturated rings. The van der Waals surface area contributed by atoms with E-state index in [-0.39, 0.29) is 17.1 Å². The number of hydrogen-bond acceptors (Lipinski definition) is 4. The Bertz CT molecular complexity index is 824. The minimum absolute atomic E-state index is 0.0266. The second-order valence-corrected chi connectivity index (χ2v) is 7.36. The Morgan fingerprint density at radius 2 is 1.62 bits per heavy atom. The molecule has 0 aliphatic carbocycles. The molecule has 7 heteroatoms. The van der Waals surface area contributed by atoms with Gasteiger partial charge in [0.15, 0.2) is 0 Å². The van der Waals surface area contributed by atoms with Crippen molar-refractivity contribution in [3.05, 3.63) is 64.7 Å². The summed E-state index contributed by atoms with van der Waals surface area (Å²) in [5.74, 6) is -1.64. The van der Waals surface area contributed by atoms with E-state index in [9.17, 15) is 23.4 Å². The number of aliphatic carboxylic acids is 1. The molecule has 0 aliphatic rings. The summed E-state index contributed by atoms with van der Waals surface area (Å²) in [6, 6.07) is 9.41. The van der Waals surface area contributed by atoms with Crippen LogP contribution < -0.4 is 4.72 Å². The van der Waals surface area contributed by atoms with E-state index in [0.29, 0.717) is 5.56 Å². The van der Waals surface area contributed by atoms with Crippen LogP contribution in [0.5, 0.6) is 5.75 Å². The number of carboxylic acids is 1. The first-order chi connectivity index (χ1) is 11.2. The number of phenolic OH excluding ortho intramolecular Hbond substituents is 1. The van der Waals surface area contributed by atoms with E-state index in [1.165, 1.54) is 24.3 Å². The number of aryl methyl sites for hydroxylation is 2. The Balaban J connectivity index is 2.28. The molecule has 0 spiro atoms. The highest BCUT2D eigenvalue weighted by Gasteiger charge is 2.26. The van der Waals surface area contributed by atoms with Crippen molar-refractivity contribution in [1.82, 2.24) is 4.72 Å². The molecule has 2 aromatic rings. The van der Waals surface area contributed by atoms with Gasteiger partial charge in [-0.05, 0) is 48.2 Å². The fourth-order valence-electron chi connectivity index (χ4n) is 2.42. The predicted octanol–water partition coefficient (Wildman–Crippen LogP) is 2.25. The molecule has 0 radical (unpaired) electrons. The molecule has 0 saturated heterocycles. The van der Waals surface area contributed by atoms with Crippen LogP contribution in [0.2, 0.25) is 0 Å². The van der Waals surface area contributed by atoms with Crippen LogP contribution in [0.25, 0.3) is 0 Å². The lowest BCUT2D eigenvalue weighted by Gasteiger charge is -2.17. The summed E-state index contributed by atoms with van der Waals surface area (Å²) >= 11 is 0. The minimum atomic E-state index is -3.88. The fourth-order valence-corrected chi connectivity index (χ4v) is 3.93. The molecule has 0 saturated carbocycles. The number of carbonyl (C=O) groups is 1. The van der Waals surface area contributed by atoms with Gasteiger partial charge >= 0.3 is 5.97 Å². The van der Waals surface area contributed by atoms with E-state index in [2.05, 4.69) is 4.72 Å². The molecule has 6 nitrogen and oxygen atoms in total.